The second kappa shape index (κ2) is 6.73. The molecule has 1 heterocycles. The Labute approximate surface area is 143 Å². The number of benzene rings is 2. The zero-order chi connectivity index (χ0) is 15.5. The molecular weight excluding hydrogens is 337 g/mol. The number of alkyl halides is 1. The molecule has 0 aliphatic carbocycles. The normalized spacial score (nSPS) is 10.9. The second-order valence-corrected chi connectivity index (χ2v) is 6.23. The van der Waals surface area contributed by atoms with Gasteiger partial charge in [0.1, 0.15) is 5.69 Å². The molecule has 0 spiro atoms. The number of hydrogen-bond acceptors (Lipinski definition) is 3. The fourth-order valence-corrected chi connectivity index (χ4v) is 3.07. The summed E-state index contributed by atoms with van der Waals surface area (Å²) in [4.78, 5) is 1.16. The first kappa shape index (κ1) is 15.4. The van der Waals surface area contributed by atoms with Gasteiger partial charge in [0.25, 0.3) is 0 Å². The highest BCUT2D eigenvalue weighted by Crippen LogP contribution is 2.29. The molecule has 0 atom stereocenters. The zero-order valence-electron chi connectivity index (χ0n) is 11.8. The minimum Gasteiger partial charge on any atom is -0.212 e. The quantitative estimate of drug-likeness (QED) is 0.487. The summed E-state index contributed by atoms with van der Waals surface area (Å²) in [6.45, 7) is 0. The van der Waals surface area contributed by atoms with Crippen LogP contribution in [-0.4, -0.2) is 21.2 Å². The van der Waals surface area contributed by atoms with Gasteiger partial charge < -0.3 is 0 Å². The molecule has 0 bridgehead atoms. The van der Waals surface area contributed by atoms with E-state index in [2.05, 4.69) is 22.4 Å². The van der Waals surface area contributed by atoms with Crippen LogP contribution in [-0.2, 0) is 5.88 Å². The molecule has 0 amide bonds. The van der Waals surface area contributed by atoms with E-state index in [0.29, 0.717) is 10.9 Å². The van der Waals surface area contributed by atoms with Crippen LogP contribution in [0.2, 0.25) is 5.02 Å². The molecule has 3 nitrogen and oxygen atoms in total. The highest BCUT2D eigenvalue weighted by molar-refractivity contribution is 7.98. The van der Waals surface area contributed by atoms with E-state index >= 15 is 0 Å². The molecule has 2 aromatic carbocycles. The Morgan fingerprint density at radius 1 is 1.14 bits per heavy atom. The van der Waals surface area contributed by atoms with E-state index in [-0.39, 0.29) is 0 Å². The summed E-state index contributed by atoms with van der Waals surface area (Å²) >= 11 is 13.8. The molecule has 0 aliphatic heterocycles. The number of rotatable bonds is 4. The highest BCUT2D eigenvalue weighted by atomic mass is 35.5. The lowest BCUT2D eigenvalue weighted by molar-refractivity contribution is 0.802. The number of nitrogens with zero attached hydrogens (tertiary/aromatic N) is 3. The molecule has 0 unspecified atom stereocenters. The third-order valence-electron chi connectivity index (χ3n) is 3.26. The lowest BCUT2D eigenvalue weighted by atomic mass is 10.1. The summed E-state index contributed by atoms with van der Waals surface area (Å²) in [5.74, 6) is 0.296. The predicted molar refractivity (Wildman–Crippen MR) is 93.1 cm³/mol. The van der Waals surface area contributed by atoms with Gasteiger partial charge in [0, 0.05) is 15.5 Å². The van der Waals surface area contributed by atoms with Gasteiger partial charge in [-0.2, -0.15) is 0 Å². The number of halogens is 2. The molecule has 1 aromatic heterocycles. The zero-order valence-corrected chi connectivity index (χ0v) is 14.2. The van der Waals surface area contributed by atoms with Gasteiger partial charge in [-0.1, -0.05) is 35.0 Å². The van der Waals surface area contributed by atoms with Crippen molar-refractivity contribution in [3.63, 3.8) is 0 Å². The van der Waals surface area contributed by atoms with Gasteiger partial charge in [-0.15, -0.1) is 28.5 Å². The van der Waals surface area contributed by atoms with E-state index in [1.165, 1.54) is 0 Å². The second-order valence-electron chi connectivity index (χ2n) is 4.64. The van der Waals surface area contributed by atoms with Crippen LogP contribution >= 0.6 is 35.0 Å². The maximum atomic E-state index is 6.12. The molecule has 3 aromatic rings. The fraction of sp³-hybridized carbons (Fsp3) is 0.125. The maximum absolute atomic E-state index is 6.12. The van der Waals surface area contributed by atoms with Crippen LogP contribution in [0.4, 0.5) is 0 Å². The average molecular weight is 350 g/mol. The van der Waals surface area contributed by atoms with Gasteiger partial charge in [-0.3, -0.25) is 0 Å². The standard InChI is InChI=1S/C16H13Cl2N3S/c1-22-14-7-3-6-13(9-14)21-16(15(10-17)19-20-21)11-4-2-5-12(18)8-11/h2-9H,10H2,1H3. The highest BCUT2D eigenvalue weighted by Gasteiger charge is 2.16. The van der Waals surface area contributed by atoms with Crippen LogP contribution in [0.5, 0.6) is 0 Å². The van der Waals surface area contributed by atoms with Gasteiger partial charge >= 0.3 is 0 Å². The molecule has 0 fully saturated rings. The van der Waals surface area contributed by atoms with Gasteiger partial charge in [0.05, 0.1) is 17.3 Å². The fourth-order valence-electron chi connectivity index (χ4n) is 2.25. The third-order valence-corrected chi connectivity index (χ3v) is 4.48. The number of hydrogen-bond donors (Lipinski definition) is 0. The van der Waals surface area contributed by atoms with Gasteiger partial charge in [0.2, 0.25) is 0 Å². The van der Waals surface area contributed by atoms with E-state index in [9.17, 15) is 0 Å². The summed E-state index contributed by atoms with van der Waals surface area (Å²) in [5, 5.41) is 9.14. The van der Waals surface area contributed by atoms with Crippen molar-refractivity contribution in [2.45, 2.75) is 10.8 Å². The Hall–Kier alpha value is -1.49. The topological polar surface area (TPSA) is 30.7 Å². The first-order valence-electron chi connectivity index (χ1n) is 6.64. The van der Waals surface area contributed by atoms with Crippen LogP contribution < -0.4 is 0 Å². The molecule has 0 radical (unpaired) electrons. The van der Waals surface area contributed by atoms with Crippen LogP contribution in [0.1, 0.15) is 5.69 Å². The smallest absolute Gasteiger partial charge is 0.106 e. The Kier molecular flexibility index (Phi) is 4.71. The van der Waals surface area contributed by atoms with E-state index in [4.69, 9.17) is 23.2 Å². The molecule has 22 heavy (non-hydrogen) atoms. The minimum absolute atomic E-state index is 0.296. The minimum atomic E-state index is 0.296. The van der Waals surface area contributed by atoms with Gasteiger partial charge in [-0.05, 0) is 36.6 Å². The van der Waals surface area contributed by atoms with E-state index in [1.807, 2.05) is 47.3 Å². The van der Waals surface area contributed by atoms with E-state index in [0.717, 1.165) is 27.5 Å². The Morgan fingerprint density at radius 3 is 2.68 bits per heavy atom. The Bertz CT molecular complexity index is 802. The van der Waals surface area contributed by atoms with Crippen molar-refractivity contribution in [2.75, 3.05) is 6.26 Å². The van der Waals surface area contributed by atoms with E-state index in [1.54, 1.807) is 11.8 Å². The molecule has 0 saturated carbocycles. The molecule has 3 rings (SSSR count). The van der Waals surface area contributed by atoms with Crippen molar-refractivity contribution < 1.29 is 0 Å². The summed E-state index contributed by atoms with van der Waals surface area (Å²) in [6, 6.07) is 15.8. The van der Waals surface area contributed by atoms with Crippen LogP contribution in [0.15, 0.2) is 53.4 Å². The van der Waals surface area contributed by atoms with Crippen molar-refractivity contribution in [1.29, 1.82) is 0 Å². The third kappa shape index (κ3) is 3.00. The Morgan fingerprint density at radius 2 is 1.95 bits per heavy atom. The van der Waals surface area contributed by atoms with Crippen molar-refractivity contribution in [3.05, 3.63) is 59.2 Å². The molecule has 0 aliphatic rings. The van der Waals surface area contributed by atoms with Crippen LogP contribution in [0.25, 0.3) is 16.9 Å². The lowest BCUT2D eigenvalue weighted by Crippen LogP contribution is -2.00. The molecule has 112 valence electrons. The summed E-state index contributed by atoms with van der Waals surface area (Å²) in [6.07, 6.45) is 2.04. The summed E-state index contributed by atoms with van der Waals surface area (Å²) in [7, 11) is 0. The lowest BCUT2D eigenvalue weighted by Gasteiger charge is -2.09. The largest absolute Gasteiger partial charge is 0.212 e. The first-order valence-corrected chi connectivity index (χ1v) is 8.77. The number of thioether (sulfide) groups is 1. The molecule has 6 heteroatoms. The van der Waals surface area contributed by atoms with Crippen molar-refractivity contribution in [2.24, 2.45) is 0 Å². The van der Waals surface area contributed by atoms with Crippen molar-refractivity contribution in [1.82, 2.24) is 15.0 Å². The number of aromatic nitrogens is 3. The Balaban J connectivity index is 2.19. The summed E-state index contributed by atoms with van der Waals surface area (Å²) < 4.78 is 1.81. The van der Waals surface area contributed by atoms with Crippen molar-refractivity contribution >= 4 is 35.0 Å². The SMILES string of the molecule is CSc1cccc(-n2nnc(CCl)c2-c2cccc(Cl)c2)c1. The van der Waals surface area contributed by atoms with Crippen LogP contribution in [0, 0.1) is 0 Å². The predicted octanol–water partition coefficient (Wildman–Crippen LogP) is 5.05. The monoisotopic (exact) mass is 349 g/mol. The van der Waals surface area contributed by atoms with Crippen molar-refractivity contribution in [3.8, 4) is 16.9 Å². The molecular formula is C16H13Cl2N3S. The molecule has 0 N–H and O–H groups in total. The van der Waals surface area contributed by atoms with Gasteiger partial charge in [0.15, 0.2) is 0 Å². The first-order chi connectivity index (χ1) is 10.7. The van der Waals surface area contributed by atoms with E-state index < -0.39 is 0 Å². The van der Waals surface area contributed by atoms with Crippen LogP contribution in [0.3, 0.4) is 0 Å². The van der Waals surface area contributed by atoms with Gasteiger partial charge in [-0.25, -0.2) is 4.68 Å². The summed E-state index contributed by atoms with van der Waals surface area (Å²) in [5.41, 5.74) is 3.50. The molecule has 0 saturated heterocycles. The maximum Gasteiger partial charge on any atom is 0.106 e. The average Bonchev–Trinajstić information content (AvgIpc) is 2.99.